The Hall–Kier alpha value is -1.59. The van der Waals surface area contributed by atoms with E-state index in [9.17, 15) is 14.4 Å². The van der Waals surface area contributed by atoms with Gasteiger partial charge in [-0.05, 0) is 31.1 Å². The minimum absolute atomic E-state index is 0.0631. The number of carbonyl (C=O) groups excluding carboxylic acids is 3. The Morgan fingerprint density at radius 1 is 0.333 bits per heavy atom. The fourth-order valence-corrected chi connectivity index (χ4v) is 8.66. The van der Waals surface area contributed by atoms with Crippen LogP contribution in [0.5, 0.6) is 0 Å². The van der Waals surface area contributed by atoms with E-state index in [1.807, 2.05) is 0 Å². The van der Waals surface area contributed by atoms with Gasteiger partial charge in [0.05, 0.1) is 0 Å². The Labute approximate surface area is 393 Å². The monoisotopic (exact) mass is 891 g/mol. The molecular formula is C57H110O6. The van der Waals surface area contributed by atoms with E-state index in [0.717, 1.165) is 69.6 Å². The molecule has 0 aromatic heterocycles. The van der Waals surface area contributed by atoms with Gasteiger partial charge >= 0.3 is 17.9 Å². The second-order valence-corrected chi connectivity index (χ2v) is 20.3. The van der Waals surface area contributed by atoms with Crippen LogP contribution in [-0.2, 0) is 28.6 Å². The number of carbonyl (C=O) groups is 3. The van der Waals surface area contributed by atoms with Gasteiger partial charge in [0.25, 0.3) is 0 Å². The summed E-state index contributed by atoms with van der Waals surface area (Å²) >= 11 is 0. The van der Waals surface area contributed by atoms with Gasteiger partial charge in [-0.3, -0.25) is 14.4 Å². The molecule has 6 heteroatoms. The van der Waals surface area contributed by atoms with Crippen LogP contribution in [0.3, 0.4) is 0 Å². The summed E-state index contributed by atoms with van der Waals surface area (Å²) in [5, 5.41) is 0. The highest BCUT2D eigenvalue weighted by Crippen LogP contribution is 2.18. The van der Waals surface area contributed by atoms with Crippen molar-refractivity contribution in [3.63, 3.8) is 0 Å². The van der Waals surface area contributed by atoms with Gasteiger partial charge in [-0.2, -0.15) is 0 Å². The van der Waals surface area contributed by atoms with Crippen LogP contribution in [0.2, 0.25) is 0 Å². The molecule has 0 saturated carbocycles. The van der Waals surface area contributed by atoms with Crippen LogP contribution in [0.25, 0.3) is 0 Å². The standard InChI is InChI=1S/C57H110O6/c1-6-8-9-10-11-12-13-14-15-16-17-18-21-27-32-37-42-47-55(58)61-50-54(63-57(60)49-44-39-34-29-24-23-26-31-36-41-46-53(5)7-2)51-62-56(59)48-43-38-33-28-22-19-20-25-30-35-40-45-52(3)4/h52-54H,6-51H2,1-5H3/t53?,54-/m0/s1. The number of unbranched alkanes of at least 4 members (excludes halogenated alkanes) is 35. The molecule has 0 N–H and O–H groups in total. The maximum absolute atomic E-state index is 12.8. The van der Waals surface area contributed by atoms with E-state index >= 15 is 0 Å². The molecule has 1 unspecified atom stereocenters. The first-order chi connectivity index (χ1) is 30.8. The minimum Gasteiger partial charge on any atom is -0.462 e. The summed E-state index contributed by atoms with van der Waals surface area (Å²) in [6.07, 6.45) is 52.3. The lowest BCUT2D eigenvalue weighted by Gasteiger charge is -2.18. The van der Waals surface area contributed by atoms with E-state index in [2.05, 4.69) is 34.6 Å². The summed E-state index contributed by atoms with van der Waals surface area (Å²) in [5.74, 6) is 0.852. The predicted molar refractivity (Wildman–Crippen MR) is 270 cm³/mol. The molecule has 0 bridgehead atoms. The van der Waals surface area contributed by atoms with Gasteiger partial charge < -0.3 is 14.2 Å². The molecule has 0 aliphatic rings. The zero-order valence-electron chi connectivity index (χ0n) is 43.2. The van der Waals surface area contributed by atoms with Gasteiger partial charge in [0, 0.05) is 19.3 Å². The molecule has 0 saturated heterocycles. The third-order valence-electron chi connectivity index (χ3n) is 13.3. The molecule has 374 valence electrons. The molecule has 63 heavy (non-hydrogen) atoms. The highest BCUT2D eigenvalue weighted by molar-refractivity contribution is 5.71. The average Bonchev–Trinajstić information content (AvgIpc) is 3.27. The Morgan fingerprint density at radius 2 is 0.603 bits per heavy atom. The van der Waals surface area contributed by atoms with E-state index in [1.54, 1.807) is 0 Å². The molecule has 6 nitrogen and oxygen atoms in total. The zero-order valence-corrected chi connectivity index (χ0v) is 43.2. The molecule has 0 radical (unpaired) electrons. The topological polar surface area (TPSA) is 78.9 Å². The first kappa shape index (κ1) is 61.4. The fourth-order valence-electron chi connectivity index (χ4n) is 8.66. The summed E-state index contributed by atoms with van der Waals surface area (Å²) in [4.78, 5) is 38.1. The van der Waals surface area contributed by atoms with Crippen molar-refractivity contribution < 1.29 is 28.6 Å². The second-order valence-electron chi connectivity index (χ2n) is 20.3. The van der Waals surface area contributed by atoms with Crippen molar-refractivity contribution in [2.45, 2.75) is 323 Å². The Bertz CT molecular complexity index is 964. The second kappa shape index (κ2) is 49.8. The summed E-state index contributed by atoms with van der Waals surface area (Å²) < 4.78 is 16.9. The van der Waals surface area contributed by atoms with Crippen molar-refractivity contribution in [3.05, 3.63) is 0 Å². The summed E-state index contributed by atoms with van der Waals surface area (Å²) in [5.41, 5.74) is 0. The van der Waals surface area contributed by atoms with Gasteiger partial charge in [0.2, 0.25) is 0 Å². The largest absolute Gasteiger partial charge is 0.462 e. The number of hydrogen-bond acceptors (Lipinski definition) is 6. The summed E-state index contributed by atoms with van der Waals surface area (Å²) in [6, 6.07) is 0. The molecular weight excluding hydrogens is 781 g/mol. The first-order valence-corrected chi connectivity index (χ1v) is 28.3. The molecule has 0 fully saturated rings. The van der Waals surface area contributed by atoms with E-state index in [-0.39, 0.29) is 31.1 Å². The first-order valence-electron chi connectivity index (χ1n) is 28.3. The number of rotatable bonds is 51. The van der Waals surface area contributed by atoms with Gasteiger partial charge in [-0.25, -0.2) is 0 Å². The van der Waals surface area contributed by atoms with Crippen LogP contribution < -0.4 is 0 Å². The highest BCUT2D eigenvalue weighted by atomic mass is 16.6. The zero-order chi connectivity index (χ0) is 46.1. The van der Waals surface area contributed by atoms with Gasteiger partial charge in [-0.1, -0.05) is 279 Å². The molecule has 0 aromatic rings. The summed E-state index contributed by atoms with van der Waals surface area (Å²) in [6.45, 7) is 11.4. The maximum atomic E-state index is 12.8. The van der Waals surface area contributed by atoms with Gasteiger partial charge in [-0.15, -0.1) is 0 Å². The van der Waals surface area contributed by atoms with Crippen molar-refractivity contribution in [2.75, 3.05) is 13.2 Å². The average molecular weight is 892 g/mol. The van der Waals surface area contributed by atoms with Crippen LogP contribution in [-0.4, -0.2) is 37.2 Å². The van der Waals surface area contributed by atoms with E-state index in [0.29, 0.717) is 19.3 Å². The third kappa shape index (κ3) is 49.7. The molecule has 0 heterocycles. The van der Waals surface area contributed by atoms with Crippen LogP contribution in [0.1, 0.15) is 317 Å². The maximum Gasteiger partial charge on any atom is 0.306 e. The number of esters is 3. The van der Waals surface area contributed by atoms with Crippen molar-refractivity contribution in [1.29, 1.82) is 0 Å². The molecule has 0 aliphatic carbocycles. The lowest BCUT2D eigenvalue weighted by molar-refractivity contribution is -0.167. The summed E-state index contributed by atoms with van der Waals surface area (Å²) in [7, 11) is 0. The predicted octanol–water partition coefficient (Wildman–Crippen LogP) is 18.5. The highest BCUT2D eigenvalue weighted by Gasteiger charge is 2.19. The smallest absolute Gasteiger partial charge is 0.306 e. The molecule has 2 atom stereocenters. The molecule has 0 aromatic carbocycles. The fraction of sp³-hybridized carbons (Fsp3) is 0.947. The lowest BCUT2D eigenvalue weighted by atomic mass is 9.99. The quantitative estimate of drug-likeness (QED) is 0.0344. The normalized spacial score (nSPS) is 12.5. The number of hydrogen-bond donors (Lipinski definition) is 0. The van der Waals surface area contributed by atoms with Crippen molar-refractivity contribution in [3.8, 4) is 0 Å². The lowest BCUT2D eigenvalue weighted by Crippen LogP contribution is -2.30. The minimum atomic E-state index is -0.763. The number of ether oxygens (including phenoxy) is 3. The van der Waals surface area contributed by atoms with Crippen molar-refractivity contribution >= 4 is 17.9 Å². The van der Waals surface area contributed by atoms with Crippen LogP contribution in [0.4, 0.5) is 0 Å². The molecule has 0 amide bonds. The Morgan fingerprint density at radius 3 is 0.905 bits per heavy atom. The van der Waals surface area contributed by atoms with E-state index < -0.39 is 6.10 Å². The SMILES string of the molecule is CCCCCCCCCCCCCCCCCCCC(=O)OC[C@@H](COC(=O)CCCCCCCCCCCCCC(C)C)OC(=O)CCCCCCCCCCCCC(C)CC. The van der Waals surface area contributed by atoms with Gasteiger partial charge in [0.15, 0.2) is 6.10 Å². The molecule has 0 spiro atoms. The Balaban J connectivity index is 4.30. The van der Waals surface area contributed by atoms with Gasteiger partial charge in [0.1, 0.15) is 13.2 Å². The Kier molecular flexibility index (Phi) is 48.6. The van der Waals surface area contributed by atoms with Crippen LogP contribution >= 0.6 is 0 Å². The van der Waals surface area contributed by atoms with Crippen molar-refractivity contribution in [1.82, 2.24) is 0 Å². The van der Waals surface area contributed by atoms with E-state index in [4.69, 9.17) is 14.2 Å². The van der Waals surface area contributed by atoms with E-state index in [1.165, 1.54) is 205 Å². The van der Waals surface area contributed by atoms with Crippen molar-refractivity contribution in [2.24, 2.45) is 11.8 Å². The molecule has 0 aliphatic heterocycles. The third-order valence-corrected chi connectivity index (χ3v) is 13.3. The molecule has 0 rings (SSSR count). The van der Waals surface area contributed by atoms with Crippen LogP contribution in [0, 0.1) is 11.8 Å². The van der Waals surface area contributed by atoms with Crippen LogP contribution in [0.15, 0.2) is 0 Å².